The zero-order valence-corrected chi connectivity index (χ0v) is 33.4. The van der Waals surface area contributed by atoms with Crippen molar-refractivity contribution in [1.82, 2.24) is 4.98 Å². The van der Waals surface area contributed by atoms with Gasteiger partial charge in [0.2, 0.25) is 0 Å². The number of para-hydroxylation sites is 2. The van der Waals surface area contributed by atoms with Gasteiger partial charge in [0.1, 0.15) is 5.58 Å². The molecule has 0 amide bonds. The summed E-state index contributed by atoms with van der Waals surface area (Å²) in [5, 5.41) is 3.74. The minimum atomic E-state index is -1.37. The van der Waals surface area contributed by atoms with Crippen molar-refractivity contribution < 1.29 is 24.5 Å². The van der Waals surface area contributed by atoms with Gasteiger partial charge in [-0.3, -0.25) is 4.99 Å². The van der Waals surface area contributed by atoms with Gasteiger partial charge < -0.3 is 9.40 Å². The van der Waals surface area contributed by atoms with Gasteiger partial charge in [0.05, 0.1) is 19.3 Å². The molecule has 1 unspecified atom stereocenters. The Morgan fingerprint density at radius 2 is 1.49 bits per heavy atom. The van der Waals surface area contributed by atoms with Crippen molar-refractivity contribution in [2.45, 2.75) is 58.7 Å². The van der Waals surface area contributed by atoms with Crippen molar-refractivity contribution >= 4 is 46.6 Å². The van der Waals surface area contributed by atoms with E-state index in [1.807, 2.05) is 48.5 Å². The van der Waals surface area contributed by atoms with Gasteiger partial charge in [0.25, 0.3) is 0 Å². The molecule has 3 nitrogen and oxygen atoms in total. The van der Waals surface area contributed by atoms with Gasteiger partial charge in [-0.15, -0.1) is 54.1 Å². The van der Waals surface area contributed by atoms with Crippen LogP contribution in [0.15, 0.2) is 137 Å². The fourth-order valence-electron chi connectivity index (χ4n) is 7.17. The average molecular weight is 861 g/mol. The van der Waals surface area contributed by atoms with Gasteiger partial charge in [0, 0.05) is 37.6 Å². The number of hydrogen-bond acceptors (Lipinski definition) is 3. The van der Waals surface area contributed by atoms with Crippen molar-refractivity contribution in [2.75, 3.05) is 0 Å². The smallest absolute Gasteiger partial charge is 0.120 e. The summed E-state index contributed by atoms with van der Waals surface area (Å²) in [5.74, 6) is 0.845. The molecule has 0 spiro atoms. The van der Waals surface area contributed by atoms with E-state index < -0.39 is 8.07 Å². The number of aromatic nitrogens is 1. The average Bonchev–Trinajstić information content (AvgIpc) is 3.73. The summed E-state index contributed by atoms with van der Waals surface area (Å²) in [7, 11) is -1.37. The normalized spacial score (nSPS) is 13.8. The molecule has 5 aromatic carbocycles. The number of aliphatic imine (C=N–C) groups is 1. The number of furan rings is 1. The van der Waals surface area contributed by atoms with E-state index in [-0.39, 0.29) is 26.0 Å². The summed E-state index contributed by atoms with van der Waals surface area (Å²) in [6.45, 7) is 11.8. The summed E-state index contributed by atoms with van der Waals surface area (Å²) in [6.07, 6.45) is 5.81. The van der Waals surface area contributed by atoms with Gasteiger partial charge in [0.15, 0.2) is 0 Å². The van der Waals surface area contributed by atoms with E-state index in [4.69, 9.17) is 14.4 Å². The first-order valence-corrected chi connectivity index (χ1v) is 21.4. The zero-order chi connectivity index (χ0) is 34.7. The number of fused-ring (bicyclic) bond motifs is 4. The molecular formula is C46H44IrN2OSi-2. The first-order chi connectivity index (χ1) is 24.4. The van der Waals surface area contributed by atoms with E-state index in [0.717, 1.165) is 56.1 Å². The molecule has 1 radical (unpaired) electrons. The number of benzene rings is 5. The molecule has 5 heteroatoms. The fourth-order valence-corrected chi connectivity index (χ4v) is 8.76. The van der Waals surface area contributed by atoms with Crippen LogP contribution in [0.5, 0.6) is 0 Å². The van der Waals surface area contributed by atoms with Gasteiger partial charge in [-0.05, 0) is 52.2 Å². The van der Waals surface area contributed by atoms with Crippen LogP contribution in [0.25, 0.3) is 33.2 Å². The maximum absolute atomic E-state index is 6.27. The quantitative estimate of drug-likeness (QED) is 0.113. The molecular weight excluding hydrogens is 817 g/mol. The van der Waals surface area contributed by atoms with Crippen LogP contribution in [0.1, 0.15) is 54.9 Å². The largest absolute Gasteiger partial charge is 0.501 e. The van der Waals surface area contributed by atoms with Gasteiger partial charge in [-0.25, -0.2) is 0 Å². The third-order valence-electron chi connectivity index (χ3n) is 9.94. The molecule has 0 aliphatic carbocycles. The number of hydrogen-bond donors (Lipinski definition) is 0. The SMILES string of the molecule is CCC(CC)Cc1cc(-c2[c-]cccc2)ncc1[Si](C)(C)C.[Ir].[c-]1ccc2c(oc3ccccc32)c1C1=Nc2ccccc2C1c1ccccc1. The predicted octanol–water partition coefficient (Wildman–Crippen LogP) is 11.7. The molecule has 0 bridgehead atoms. The van der Waals surface area contributed by atoms with Gasteiger partial charge in [-0.2, -0.15) is 0 Å². The second kappa shape index (κ2) is 15.9. The maximum Gasteiger partial charge on any atom is 0.120 e. The molecule has 0 saturated heterocycles. The summed E-state index contributed by atoms with van der Waals surface area (Å²) >= 11 is 0. The molecule has 0 fully saturated rings. The number of nitrogens with zero attached hydrogens (tertiary/aromatic N) is 2. The van der Waals surface area contributed by atoms with Crippen molar-refractivity contribution in [1.29, 1.82) is 0 Å². The van der Waals surface area contributed by atoms with Gasteiger partial charge in [-0.1, -0.05) is 136 Å². The molecule has 3 heterocycles. The van der Waals surface area contributed by atoms with Crippen molar-refractivity contribution in [3.63, 3.8) is 0 Å². The predicted molar refractivity (Wildman–Crippen MR) is 213 cm³/mol. The van der Waals surface area contributed by atoms with Crippen LogP contribution in [0.3, 0.4) is 0 Å². The van der Waals surface area contributed by atoms with Crippen LogP contribution in [0.4, 0.5) is 5.69 Å². The first kappa shape index (κ1) is 36.4. The molecule has 1 aliphatic rings. The Balaban J connectivity index is 0.000000178. The van der Waals surface area contributed by atoms with Crippen LogP contribution >= 0.6 is 0 Å². The van der Waals surface area contributed by atoms with E-state index in [9.17, 15) is 0 Å². The Hall–Kier alpha value is -4.41. The monoisotopic (exact) mass is 861 g/mol. The summed E-state index contributed by atoms with van der Waals surface area (Å²) in [5.41, 5.74) is 10.8. The van der Waals surface area contributed by atoms with E-state index in [0.29, 0.717) is 0 Å². The van der Waals surface area contributed by atoms with E-state index in [2.05, 4.69) is 125 Å². The van der Waals surface area contributed by atoms with Crippen LogP contribution in [0, 0.1) is 18.1 Å². The number of pyridine rings is 1. The molecule has 51 heavy (non-hydrogen) atoms. The fraction of sp³-hybridized carbons (Fsp3) is 0.217. The molecule has 1 aliphatic heterocycles. The van der Waals surface area contributed by atoms with Crippen molar-refractivity contribution in [3.05, 3.63) is 162 Å². The standard InChI is InChI=1S/C26H16NO.C20H28NSi.Ir/c1-2-9-17(10-3-1)24-20-12-4-6-15-22(20)27-25(24)21-14-8-13-19-18-11-5-7-16-23(18)28-26(19)21;1-6-16(7-2)13-18-14-19(17-11-9-8-10-12-17)21-15-20(18)22(3,4)5;/h1-13,15-16,24H;8-11,14-16H,6-7,13H2,1-5H3;/q2*-1;. The summed E-state index contributed by atoms with van der Waals surface area (Å²) in [4.78, 5) is 9.76. The number of rotatable bonds is 8. The molecule has 8 rings (SSSR count). The summed E-state index contributed by atoms with van der Waals surface area (Å²) < 4.78 is 6.27. The zero-order valence-electron chi connectivity index (χ0n) is 30.0. The Labute approximate surface area is 317 Å². The molecule has 1 atom stereocenters. The minimum absolute atomic E-state index is 0. The Kier molecular flexibility index (Phi) is 11.3. The topological polar surface area (TPSA) is 38.4 Å². The van der Waals surface area contributed by atoms with Crippen LogP contribution < -0.4 is 5.19 Å². The first-order valence-electron chi connectivity index (χ1n) is 17.9. The van der Waals surface area contributed by atoms with Gasteiger partial charge >= 0.3 is 0 Å². The third-order valence-corrected chi connectivity index (χ3v) is 12.0. The van der Waals surface area contributed by atoms with E-state index >= 15 is 0 Å². The Morgan fingerprint density at radius 1 is 0.765 bits per heavy atom. The second-order valence-corrected chi connectivity index (χ2v) is 19.3. The summed E-state index contributed by atoms with van der Waals surface area (Å²) in [6, 6.07) is 48.3. The minimum Gasteiger partial charge on any atom is -0.501 e. The van der Waals surface area contributed by atoms with Crippen molar-refractivity contribution in [2.24, 2.45) is 10.9 Å². The molecule has 0 N–H and O–H groups in total. The van der Waals surface area contributed by atoms with Crippen LogP contribution in [0.2, 0.25) is 19.6 Å². The maximum atomic E-state index is 6.27. The van der Waals surface area contributed by atoms with E-state index in [1.54, 1.807) is 0 Å². The molecule has 259 valence electrons. The molecule has 7 aromatic rings. The molecule has 0 saturated carbocycles. The Bertz CT molecular complexity index is 2270. The molecule has 2 aromatic heterocycles. The van der Waals surface area contributed by atoms with Crippen molar-refractivity contribution in [3.8, 4) is 11.3 Å². The van der Waals surface area contributed by atoms with Crippen LogP contribution in [-0.4, -0.2) is 18.8 Å². The van der Waals surface area contributed by atoms with E-state index in [1.165, 1.54) is 41.1 Å². The third kappa shape index (κ3) is 7.62. The second-order valence-electron chi connectivity index (χ2n) is 14.2. The van der Waals surface area contributed by atoms with Crippen LogP contribution in [-0.2, 0) is 26.5 Å². The Morgan fingerprint density at radius 3 is 2.24 bits per heavy atom.